The van der Waals surface area contributed by atoms with Gasteiger partial charge in [-0.05, 0) is 77.3 Å². The second kappa shape index (κ2) is 8.36. The Balaban J connectivity index is 1.33. The number of hydrogen-bond acceptors (Lipinski definition) is 5. The molecular weight excluding hydrogens is 443 g/mol. The fourth-order valence-corrected chi connectivity index (χ4v) is 4.58. The molecule has 0 bridgehead atoms. The third kappa shape index (κ3) is 4.39. The highest BCUT2D eigenvalue weighted by Crippen LogP contribution is 2.30. The number of rotatable bonds is 4. The van der Waals surface area contributed by atoms with Gasteiger partial charge >= 0.3 is 0 Å². The molecule has 2 aromatic heterocycles. The van der Waals surface area contributed by atoms with Crippen LogP contribution in [0.1, 0.15) is 12.8 Å². The van der Waals surface area contributed by atoms with Crippen LogP contribution in [0.2, 0.25) is 0 Å². The summed E-state index contributed by atoms with van der Waals surface area (Å²) in [5, 5.41) is 11.6. The number of hydrogen-bond donors (Lipinski definition) is 1. The van der Waals surface area contributed by atoms with Crippen molar-refractivity contribution in [2.24, 2.45) is 5.92 Å². The molecule has 0 unspecified atom stereocenters. The van der Waals surface area contributed by atoms with Gasteiger partial charge in [-0.25, -0.2) is 4.39 Å². The molecule has 1 fully saturated rings. The lowest BCUT2D eigenvalue weighted by molar-refractivity contribution is -0.120. The zero-order chi connectivity index (χ0) is 19.5. The topological polar surface area (TPSA) is 58.1 Å². The molecule has 0 atom stereocenters. The van der Waals surface area contributed by atoms with E-state index in [0.717, 1.165) is 46.1 Å². The highest BCUT2D eigenvalue weighted by molar-refractivity contribution is 9.11. The summed E-state index contributed by atoms with van der Waals surface area (Å²) in [5.41, 5.74) is 1.48. The maximum Gasteiger partial charge on any atom is 0.227 e. The Labute approximate surface area is 174 Å². The summed E-state index contributed by atoms with van der Waals surface area (Å²) in [6, 6.07) is 13.8. The molecule has 5 nitrogen and oxygen atoms in total. The van der Waals surface area contributed by atoms with E-state index >= 15 is 0 Å². The molecule has 1 aliphatic heterocycles. The van der Waals surface area contributed by atoms with E-state index < -0.39 is 0 Å². The first-order chi connectivity index (χ1) is 13.6. The number of piperidine rings is 1. The van der Waals surface area contributed by atoms with Gasteiger partial charge in [0.2, 0.25) is 5.91 Å². The number of carbonyl (C=O) groups excluding carboxylic acids is 1. The molecule has 0 aliphatic carbocycles. The number of aromatic nitrogens is 2. The number of nitrogens with one attached hydrogen (secondary N) is 1. The zero-order valence-electron chi connectivity index (χ0n) is 14.9. The van der Waals surface area contributed by atoms with Crippen molar-refractivity contribution in [2.45, 2.75) is 12.8 Å². The second-order valence-corrected chi connectivity index (χ2v) is 9.10. The molecule has 0 saturated carbocycles. The SMILES string of the molecule is O=C(Nc1ccc(F)cc1)C1CCN(c2ccc(-c3ccc(Br)s3)nn2)CC1. The van der Waals surface area contributed by atoms with E-state index in [1.54, 1.807) is 23.5 Å². The highest BCUT2D eigenvalue weighted by Gasteiger charge is 2.26. The van der Waals surface area contributed by atoms with Crippen molar-refractivity contribution >= 4 is 44.7 Å². The fraction of sp³-hybridized carbons (Fsp3) is 0.250. The molecule has 1 aromatic carbocycles. The molecule has 144 valence electrons. The van der Waals surface area contributed by atoms with Crippen LogP contribution in [0.5, 0.6) is 0 Å². The Morgan fingerprint density at radius 2 is 1.82 bits per heavy atom. The van der Waals surface area contributed by atoms with Crippen molar-refractivity contribution in [1.82, 2.24) is 10.2 Å². The van der Waals surface area contributed by atoms with Crippen LogP contribution in [0.4, 0.5) is 15.9 Å². The molecule has 0 spiro atoms. The quantitative estimate of drug-likeness (QED) is 0.597. The number of benzene rings is 1. The maximum absolute atomic E-state index is 13.0. The molecule has 8 heteroatoms. The molecule has 3 heterocycles. The normalized spacial score (nSPS) is 14.9. The third-order valence-corrected chi connectivity index (χ3v) is 6.42. The van der Waals surface area contributed by atoms with Crippen molar-refractivity contribution in [3.63, 3.8) is 0 Å². The van der Waals surface area contributed by atoms with Gasteiger partial charge in [0.05, 0.1) is 8.66 Å². The van der Waals surface area contributed by atoms with Gasteiger partial charge in [0.15, 0.2) is 5.82 Å². The summed E-state index contributed by atoms with van der Waals surface area (Å²) in [4.78, 5) is 15.7. The summed E-state index contributed by atoms with van der Waals surface area (Å²) >= 11 is 5.08. The Bertz CT molecular complexity index is 953. The molecule has 28 heavy (non-hydrogen) atoms. The van der Waals surface area contributed by atoms with Gasteiger partial charge in [0.25, 0.3) is 0 Å². The highest BCUT2D eigenvalue weighted by atomic mass is 79.9. The van der Waals surface area contributed by atoms with E-state index in [2.05, 4.69) is 36.3 Å². The van der Waals surface area contributed by atoms with Crippen molar-refractivity contribution in [3.8, 4) is 10.6 Å². The minimum Gasteiger partial charge on any atom is -0.355 e. The van der Waals surface area contributed by atoms with E-state index in [-0.39, 0.29) is 17.6 Å². The van der Waals surface area contributed by atoms with Crippen LogP contribution < -0.4 is 10.2 Å². The number of nitrogens with zero attached hydrogens (tertiary/aromatic N) is 3. The summed E-state index contributed by atoms with van der Waals surface area (Å²) in [6.07, 6.45) is 1.49. The van der Waals surface area contributed by atoms with Crippen LogP contribution >= 0.6 is 27.3 Å². The Hall–Kier alpha value is -2.32. The second-order valence-electron chi connectivity index (χ2n) is 6.64. The average molecular weight is 461 g/mol. The number of halogens is 2. The van der Waals surface area contributed by atoms with Crippen molar-refractivity contribution in [2.75, 3.05) is 23.3 Å². The van der Waals surface area contributed by atoms with Crippen LogP contribution in [0.15, 0.2) is 52.3 Å². The molecule has 0 radical (unpaired) electrons. The fourth-order valence-electron chi connectivity index (χ4n) is 3.23. The Kier molecular flexibility index (Phi) is 5.68. The van der Waals surface area contributed by atoms with Gasteiger partial charge in [-0.15, -0.1) is 21.5 Å². The van der Waals surface area contributed by atoms with Gasteiger partial charge in [-0.1, -0.05) is 0 Å². The molecule has 3 aromatic rings. The standard InChI is InChI=1S/C20H18BrFN4OS/c21-18-7-6-17(28-18)16-5-8-19(25-24-16)26-11-9-13(10-12-26)20(27)23-15-3-1-14(22)2-4-15/h1-8,13H,9-12H2,(H,23,27). The van der Waals surface area contributed by atoms with Gasteiger partial charge < -0.3 is 10.2 Å². The van der Waals surface area contributed by atoms with E-state index in [9.17, 15) is 9.18 Å². The Morgan fingerprint density at radius 3 is 2.43 bits per heavy atom. The summed E-state index contributed by atoms with van der Waals surface area (Å²) in [7, 11) is 0. The monoisotopic (exact) mass is 460 g/mol. The van der Waals surface area contributed by atoms with E-state index in [1.807, 2.05) is 24.3 Å². The van der Waals surface area contributed by atoms with Gasteiger partial charge in [-0.3, -0.25) is 4.79 Å². The molecule has 1 amide bonds. The van der Waals surface area contributed by atoms with E-state index in [0.29, 0.717) is 5.69 Å². The zero-order valence-corrected chi connectivity index (χ0v) is 17.3. The predicted octanol–water partition coefficient (Wildman–Crippen LogP) is 4.96. The van der Waals surface area contributed by atoms with Crippen LogP contribution in [0.3, 0.4) is 0 Å². The lowest BCUT2D eigenvalue weighted by atomic mass is 9.96. The molecule has 1 aliphatic rings. The minimum absolute atomic E-state index is 0.0176. The van der Waals surface area contributed by atoms with E-state index in [1.165, 1.54) is 12.1 Å². The largest absolute Gasteiger partial charge is 0.355 e. The predicted molar refractivity (Wildman–Crippen MR) is 113 cm³/mol. The minimum atomic E-state index is -0.315. The first-order valence-corrected chi connectivity index (χ1v) is 10.6. The van der Waals surface area contributed by atoms with Crippen LogP contribution in [-0.2, 0) is 4.79 Å². The summed E-state index contributed by atoms with van der Waals surface area (Å²) < 4.78 is 14.0. The first-order valence-electron chi connectivity index (χ1n) is 8.99. The summed E-state index contributed by atoms with van der Waals surface area (Å²) in [6.45, 7) is 1.50. The maximum atomic E-state index is 13.0. The van der Waals surface area contributed by atoms with E-state index in [4.69, 9.17) is 0 Å². The lowest BCUT2D eigenvalue weighted by Crippen LogP contribution is -2.38. The summed E-state index contributed by atoms with van der Waals surface area (Å²) in [5.74, 6) is 0.440. The number of anilines is 2. The van der Waals surface area contributed by atoms with Crippen molar-refractivity contribution < 1.29 is 9.18 Å². The van der Waals surface area contributed by atoms with Crippen LogP contribution in [0.25, 0.3) is 10.6 Å². The molecule has 1 N–H and O–H groups in total. The van der Waals surface area contributed by atoms with Gasteiger partial charge in [-0.2, -0.15) is 0 Å². The Morgan fingerprint density at radius 1 is 1.07 bits per heavy atom. The number of thiophene rings is 1. The number of amides is 1. The number of carbonyl (C=O) groups is 1. The third-order valence-electron chi connectivity index (χ3n) is 4.78. The first kappa shape index (κ1) is 19.0. The molecule has 4 rings (SSSR count). The van der Waals surface area contributed by atoms with Crippen LogP contribution in [0, 0.1) is 11.7 Å². The van der Waals surface area contributed by atoms with Crippen molar-refractivity contribution in [1.29, 1.82) is 0 Å². The van der Waals surface area contributed by atoms with Gasteiger partial charge in [0.1, 0.15) is 11.5 Å². The van der Waals surface area contributed by atoms with Gasteiger partial charge in [0, 0.05) is 24.7 Å². The molecular formula is C20H18BrFN4OS. The molecule has 1 saturated heterocycles. The smallest absolute Gasteiger partial charge is 0.227 e. The van der Waals surface area contributed by atoms with Crippen molar-refractivity contribution in [3.05, 3.63) is 58.1 Å². The lowest BCUT2D eigenvalue weighted by Gasteiger charge is -2.31. The average Bonchev–Trinajstić information content (AvgIpc) is 3.16. The van der Waals surface area contributed by atoms with Crippen LogP contribution in [-0.4, -0.2) is 29.2 Å².